The Morgan fingerprint density at radius 3 is 1.57 bits per heavy atom. The van der Waals surface area contributed by atoms with E-state index in [1.807, 2.05) is 42.6 Å². The van der Waals surface area contributed by atoms with Crippen LogP contribution in [0.2, 0.25) is 0 Å². The summed E-state index contributed by atoms with van der Waals surface area (Å²) in [5.41, 5.74) is 2.00. The molecule has 0 aliphatic rings. The normalized spacial score (nSPS) is 11.8. The maximum atomic E-state index is 5.91. The van der Waals surface area contributed by atoms with Gasteiger partial charge >= 0.3 is 0 Å². The van der Waals surface area contributed by atoms with Crippen molar-refractivity contribution >= 4 is 11.9 Å². The second kappa shape index (κ2) is 18.8. The van der Waals surface area contributed by atoms with Gasteiger partial charge in [-0.1, -0.05) is 64.7 Å². The summed E-state index contributed by atoms with van der Waals surface area (Å²) in [5.74, 6) is 1.85. The zero-order chi connectivity index (χ0) is 26.6. The predicted molar refractivity (Wildman–Crippen MR) is 160 cm³/mol. The van der Waals surface area contributed by atoms with Crippen molar-refractivity contribution in [1.82, 2.24) is 0 Å². The average Bonchev–Trinajstić information content (AvgIpc) is 2.89. The molecule has 0 aliphatic heterocycles. The molecule has 37 heavy (non-hydrogen) atoms. The molecule has 0 N–H and O–H groups in total. The van der Waals surface area contributed by atoms with Gasteiger partial charge in [-0.3, -0.25) is 4.99 Å². The van der Waals surface area contributed by atoms with E-state index in [0.717, 1.165) is 53.3 Å². The molecule has 0 saturated carbocycles. The van der Waals surface area contributed by atoms with Gasteiger partial charge in [0.15, 0.2) is 0 Å². The molecule has 0 saturated heterocycles. The van der Waals surface area contributed by atoms with Crippen molar-refractivity contribution < 1.29 is 14.0 Å². The number of unbranched alkanes of at least 4 members (excludes halogenated alkanes) is 11. The first kappa shape index (κ1) is 30.9. The molecule has 0 aliphatic carbocycles. The number of hydrogen-bond acceptors (Lipinski definition) is 3. The molecule has 0 heterocycles. The molecule has 2 aromatic carbocycles. The van der Waals surface area contributed by atoms with Crippen molar-refractivity contribution in [1.29, 1.82) is 0 Å². The van der Waals surface area contributed by atoms with Gasteiger partial charge in [0.2, 0.25) is 0 Å². The van der Waals surface area contributed by atoms with E-state index in [1.165, 1.54) is 77.2 Å². The molecule has 4 nitrogen and oxygen atoms in total. The van der Waals surface area contributed by atoms with Gasteiger partial charge in [-0.25, -0.2) is 0 Å². The number of nitrogens with zero attached hydrogens (tertiary/aromatic N) is 2. The van der Waals surface area contributed by atoms with Crippen LogP contribution in [0.5, 0.6) is 11.5 Å². The van der Waals surface area contributed by atoms with E-state index in [0.29, 0.717) is 0 Å². The number of hydrogen-bond donors (Lipinski definition) is 0. The van der Waals surface area contributed by atoms with Crippen molar-refractivity contribution in [3.05, 3.63) is 54.1 Å². The summed E-state index contributed by atoms with van der Waals surface area (Å²) < 4.78 is 12.9. The molecule has 206 valence electrons. The van der Waals surface area contributed by atoms with Crippen LogP contribution in [-0.2, 0) is 0 Å². The van der Waals surface area contributed by atoms with E-state index in [-0.39, 0.29) is 0 Å². The SMILES string of the molecule is CCCCCCCCCCOc1ccc(N=Cc2ccc(OCCCCCCC[N+](C)(C)C)cc2)cc1. The van der Waals surface area contributed by atoms with Crippen LogP contribution in [0.3, 0.4) is 0 Å². The second-order valence-electron chi connectivity index (χ2n) is 11.3. The lowest BCUT2D eigenvalue weighted by molar-refractivity contribution is -0.870. The quantitative estimate of drug-likeness (QED) is 0.0955. The van der Waals surface area contributed by atoms with Crippen LogP contribution in [0, 0.1) is 0 Å². The van der Waals surface area contributed by atoms with Crippen molar-refractivity contribution in [2.45, 2.75) is 90.4 Å². The summed E-state index contributed by atoms with van der Waals surface area (Å²) in [6.07, 6.45) is 18.7. The Balaban J connectivity index is 1.56. The van der Waals surface area contributed by atoms with Crippen LogP contribution >= 0.6 is 0 Å². The van der Waals surface area contributed by atoms with Crippen molar-refractivity contribution in [2.24, 2.45) is 4.99 Å². The molecule has 0 spiro atoms. The Morgan fingerprint density at radius 1 is 0.595 bits per heavy atom. The third-order valence-corrected chi connectivity index (χ3v) is 6.59. The van der Waals surface area contributed by atoms with Crippen molar-refractivity contribution in [3.8, 4) is 11.5 Å². The first-order chi connectivity index (χ1) is 18.0. The number of benzene rings is 2. The lowest BCUT2D eigenvalue weighted by Gasteiger charge is -2.23. The Bertz CT molecular complexity index is 838. The van der Waals surface area contributed by atoms with Crippen molar-refractivity contribution in [2.75, 3.05) is 40.9 Å². The third-order valence-electron chi connectivity index (χ3n) is 6.59. The first-order valence-corrected chi connectivity index (χ1v) is 14.8. The summed E-state index contributed by atoms with van der Waals surface area (Å²) in [7, 11) is 6.78. The molecule has 2 rings (SSSR count). The van der Waals surface area contributed by atoms with Gasteiger partial charge < -0.3 is 14.0 Å². The van der Waals surface area contributed by atoms with E-state index in [9.17, 15) is 0 Å². The molecule has 0 atom stereocenters. The highest BCUT2D eigenvalue weighted by Gasteiger charge is 2.05. The Labute approximate surface area is 227 Å². The molecule has 0 unspecified atom stereocenters. The minimum Gasteiger partial charge on any atom is -0.494 e. The van der Waals surface area contributed by atoms with Gasteiger partial charge in [0.05, 0.1) is 46.6 Å². The van der Waals surface area contributed by atoms with Gasteiger partial charge in [-0.05, 0) is 79.8 Å². The molecule has 0 amide bonds. The molecular formula is C33H53N2O2+. The van der Waals surface area contributed by atoms with E-state index in [4.69, 9.17) is 9.47 Å². The number of rotatable bonds is 21. The molecule has 0 radical (unpaired) electrons. The monoisotopic (exact) mass is 509 g/mol. The van der Waals surface area contributed by atoms with Crippen LogP contribution in [0.1, 0.15) is 96.0 Å². The Kier molecular flexibility index (Phi) is 15.7. The average molecular weight is 510 g/mol. The fourth-order valence-corrected chi connectivity index (χ4v) is 4.26. The van der Waals surface area contributed by atoms with Gasteiger partial charge in [0, 0.05) is 6.21 Å². The molecular weight excluding hydrogens is 456 g/mol. The Morgan fingerprint density at radius 2 is 1.05 bits per heavy atom. The van der Waals surface area contributed by atoms with E-state index in [2.05, 4.69) is 45.2 Å². The zero-order valence-corrected chi connectivity index (χ0v) is 24.2. The third kappa shape index (κ3) is 16.2. The number of aliphatic imine (C=N–C) groups is 1. The summed E-state index contributed by atoms with van der Waals surface area (Å²) in [4.78, 5) is 4.60. The minimum atomic E-state index is 0.788. The van der Waals surface area contributed by atoms with Crippen LogP contribution in [-0.4, -0.2) is 51.6 Å². The summed E-state index contributed by atoms with van der Waals surface area (Å²) in [5, 5.41) is 0. The fourth-order valence-electron chi connectivity index (χ4n) is 4.26. The predicted octanol–water partition coefficient (Wildman–Crippen LogP) is 8.99. The minimum absolute atomic E-state index is 0.788. The van der Waals surface area contributed by atoms with E-state index in [1.54, 1.807) is 0 Å². The van der Waals surface area contributed by atoms with Gasteiger partial charge in [-0.15, -0.1) is 0 Å². The zero-order valence-electron chi connectivity index (χ0n) is 24.2. The highest BCUT2D eigenvalue weighted by atomic mass is 16.5. The van der Waals surface area contributed by atoms with Gasteiger partial charge in [-0.2, -0.15) is 0 Å². The van der Waals surface area contributed by atoms with E-state index < -0.39 is 0 Å². The highest BCUT2D eigenvalue weighted by molar-refractivity contribution is 5.82. The number of ether oxygens (including phenoxy) is 2. The van der Waals surface area contributed by atoms with Crippen LogP contribution < -0.4 is 9.47 Å². The second-order valence-corrected chi connectivity index (χ2v) is 11.3. The smallest absolute Gasteiger partial charge is 0.119 e. The fraction of sp³-hybridized carbons (Fsp3) is 0.606. The first-order valence-electron chi connectivity index (χ1n) is 14.8. The standard InChI is InChI=1S/C33H53N2O2/c1-5-6-7-8-9-10-13-16-28-37-33-24-20-31(21-25-33)34-29-30-18-22-32(23-19-30)36-27-17-14-11-12-15-26-35(2,3)4/h18-25,29H,5-17,26-28H2,1-4H3/q+1. The van der Waals surface area contributed by atoms with Gasteiger partial charge in [0.1, 0.15) is 11.5 Å². The molecule has 0 fully saturated rings. The maximum Gasteiger partial charge on any atom is 0.119 e. The summed E-state index contributed by atoms with van der Waals surface area (Å²) in [6, 6.07) is 16.2. The van der Waals surface area contributed by atoms with Crippen LogP contribution in [0.15, 0.2) is 53.5 Å². The summed E-state index contributed by atoms with van der Waals surface area (Å²) >= 11 is 0. The molecule has 0 bridgehead atoms. The highest BCUT2D eigenvalue weighted by Crippen LogP contribution is 2.19. The topological polar surface area (TPSA) is 30.8 Å². The molecule has 0 aromatic heterocycles. The lowest BCUT2D eigenvalue weighted by atomic mass is 10.1. The number of quaternary nitrogens is 1. The molecule has 2 aromatic rings. The van der Waals surface area contributed by atoms with Crippen LogP contribution in [0.25, 0.3) is 0 Å². The van der Waals surface area contributed by atoms with Crippen molar-refractivity contribution in [3.63, 3.8) is 0 Å². The lowest BCUT2D eigenvalue weighted by Crippen LogP contribution is -2.35. The van der Waals surface area contributed by atoms with Crippen LogP contribution in [0.4, 0.5) is 5.69 Å². The van der Waals surface area contributed by atoms with E-state index >= 15 is 0 Å². The molecule has 4 heteroatoms. The maximum absolute atomic E-state index is 5.91. The largest absolute Gasteiger partial charge is 0.494 e. The van der Waals surface area contributed by atoms with Gasteiger partial charge in [0.25, 0.3) is 0 Å². The Hall–Kier alpha value is -2.33. The summed E-state index contributed by atoms with van der Waals surface area (Å²) in [6.45, 7) is 5.10.